The Hall–Kier alpha value is -1.83. The van der Waals surface area contributed by atoms with Crippen molar-refractivity contribution in [3.05, 3.63) is 81.5 Å². The van der Waals surface area contributed by atoms with E-state index in [0.717, 1.165) is 23.1 Å². The van der Waals surface area contributed by atoms with Crippen LogP contribution < -0.4 is 0 Å². The van der Waals surface area contributed by atoms with Crippen LogP contribution in [-0.2, 0) is 11.2 Å². The molecule has 1 aromatic heterocycles. The first kappa shape index (κ1) is 22.4. The summed E-state index contributed by atoms with van der Waals surface area (Å²) in [6.45, 7) is 1.57. The molecule has 1 aliphatic heterocycles. The van der Waals surface area contributed by atoms with Gasteiger partial charge in [0.1, 0.15) is 0 Å². The van der Waals surface area contributed by atoms with E-state index in [4.69, 9.17) is 4.74 Å². The van der Waals surface area contributed by atoms with Crippen LogP contribution in [0.15, 0.2) is 54.6 Å². The SMILES string of the molecule is Cc1ccc([C@@H]2O[C@H](CO)[C@@H](O)[C@H](O)[C@H]2O)cc1Cc1ccc(-c2ccc(F)cc2)[se]1. The van der Waals surface area contributed by atoms with Gasteiger partial charge in [0.2, 0.25) is 0 Å². The van der Waals surface area contributed by atoms with Gasteiger partial charge in [-0.2, -0.15) is 0 Å². The van der Waals surface area contributed by atoms with E-state index < -0.39 is 37.1 Å². The van der Waals surface area contributed by atoms with Gasteiger partial charge in [-0.3, -0.25) is 0 Å². The van der Waals surface area contributed by atoms with E-state index in [2.05, 4.69) is 12.1 Å². The number of benzene rings is 2. The monoisotopic (exact) mass is 492 g/mol. The van der Waals surface area contributed by atoms with Gasteiger partial charge in [0.25, 0.3) is 0 Å². The fourth-order valence-corrected chi connectivity index (χ4v) is 6.04. The topological polar surface area (TPSA) is 90.2 Å². The average Bonchev–Trinajstić information content (AvgIpc) is 3.23. The zero-order valence-corrected chi connectivity index (χ0v) is 18.7. The summed E-state index contributed by atoms with van der Waals surface area (Å²) in [5.41, 5.74) is 3.89. The van der Waals surface area contributed by atoms with Crippen molar-refractivity contribution in [2.75, 3.05) is 6.61 Å². The number of aliphatic hydroxyl groups is 4. The van der Waals surface area contributed by atoms with E-state index in [1.165, 1.54) is 21.0 Å². The third kappa shape index (κ3) is 4.69. The number of hydrogen-bond acceptors (Lipinski definition) is 5. The zero-order chi connectivity index (χ0) is 22.1. The van der Waals surface area contributed by atoms with Gasteiger partial charge in [0.05, 0.1) is 0 Å². The predicted octanol–water partition coefficient (Wildman–Crippen LogP) is 1.96. The van der Waals surface area contributed by atoms with Gasteiger partial charge in [-0.15, -0.1) is 0 Å². The molecule has 31 heavy (non-hydrogen) atoms. The Kier molecular flexibility index (Phi) is 6.74. The molecular formula is C24H25FO5Se. The van der Waals surface area contributed by atoms with Crippen molar-refractivity contribution in [1.82, 2.24) is 0 Å². The molecule has 2 aromatic carbocycles. The van der Waals surface area contributed by atoms with E-state index in [0.29, 0.717) is 5.56 Å². The maximum absolute atomic E-state index is 13.2. The van der Waals surface area contributed by atoms with Crippen LogP contribution in [0.25, 0.3) is 10.0 Å². The zero-order valence-electron chi connectivity index (χ0n) is 17.0. The number of aliphatic hydroxyl groups excluding tert-OH is 4. The summed E-state index contributed by atoms with van der Waals surface area (Å²) in [5.74, 6) is -0.247. The number of halogens is 1. The average molecular weight is 491 g/mol. The normalized spacial score (nSPS) is 26.2. The molecule has 1 aliphatic rings. The molecule has 164 valence electrons. The molecule has 0 bridgehead atoms. The summed E-state index contributed by atoms with van der Waals surface area (Å²) >= 11 is 0.128. The third-order valence-electron chi connectivity index (χ3n) is 5.75. The molecule has 3 aromatic rings. The van der Waals surface area contributed by atoms with E-state index in [1.54, 1.807) is 12.1 Å². The van der Waals surface area contributed by atoms with Gasteiger partial charge < -0.3 is 0 Å². The standard InChI is InChI=1S/C24H25FO5Se/c1-13-2-3-15(24-23(29)22(28)21(27)19(12-26)30-24)10-16(13)11-18-8-9-20(31-18)14-4-6-17(25)7-5-14/h2-10,19,21-24,26-29H,11-12H2,1H3/t19-,21-,22+,23-,24+/m1/s1. The van der Waals surface area contributed by atoms with Crippen LogP contribution in [0.2, 0.25) is 0 Å². The minimum atomic E-state index is -1.40. The molecular weight excluding hydrogens is 466 g/mol. The number of ether oxygens (including phenoxy) is 1. The summed E-state index contributed by atoms with van der Waals surface area (Å²) in [4.78, 5) is 0. The molecule has 5 nitrogen and oxygen atoms in total. The van der Waals surface area contributed by atoms with Crippen molar-refractivity contribution < 1.29 is 29.6 Å². The Morgan fingerprint density at radius 1 is 0.935 bits per heavy atom. The molecule has 1 fully saturated rings. The van der Waals surface area contributed by atoms with Crippen LogP contribution in [0, 0.1) is 12.7 Å². The molecule has 5 atom stereocenters. The molecule has 4 rings (SSSR count). The first-order valence-corrected chi connectivity index (χ1v) is 11.8. The number of hydrogen-bond donors (Lipinski definition) is 4. The molecule has 2 heterocycles. The van der Waals surface area contributed by atoms with Crippen LogP contribution >= 0.6 is 0 Å². The van der Waals surface area contributed by atoms with Crippen molar-refractivity contribution in [1.29, 1.82) is 0 Å². The van der Waals surface area contributed by atoms with Gasteiger partial charge in [-0.25, -0.2) is 0 Å². The fraction of sp³-hybridized carbons (Fsp3) is 0.333. The van der Waals surface area contributed by atoms with Gasteiger partial charge in [0, 0.05) is 0 Å². The molecule has 0 amide bonds. The Morgan fingerprint density at radius 3 is 2.39 bits per heavy atom. The molecule has 0 spiro atoms. The summed E-state index contributed by atoms with van der Waals surface area (Å²) < 4.78 is 21.4. The molecule has 7 heteroatoms. The van der Waals surface area contributed by atoms with E-state index in [1.807, 2.05) is 25.1 Å². The van der Waals surface area contributed by atoms with Crippen molar-refractivity contribution in [3.8, 4) is 10.0 Å². The molecule has 0 aliphatic carbocycles. The van der Waals surface area contributed by atoms with Crippen LogP contribution in [-0.4, -0.2) is 66.0 Å². The first-order chi connectivity index (χ1) is 14.9. The van der Waals surface area contributed by atoms with Gasteiger partial charge in [-0.1, -0.05) is 0 Å². The molecule has 0 radical (unpaired) electrons. The van der Waals surface area contributed by atoms with Crippen LogP contribution in [0.4, 0.5) is 4.39 Å². The molecule has 4 N–H and O–H groups in total. The first-order valence-electron chi connectivity index (χ1n) is 10.1. The Bertz CT molecular complexity index is 1030. The van der Waals surface area contributed by atoms with Crippen molar-refractivity contribution in [3.63, 3.8) is 0 Å². The quantitative estimate of drug-likeness (QED) is 0.410. The summed E-state index contributed by atoms with van der Waals surface area (Å²) in [5, 5.41) is 40.0. The van der Waals surface area contributed by atoms with Gasteiger partial charge in [0.15, 0.2) is 0 Å². The van der Waals surface area contributed by atoms with Crippen molar-refractivity contribution >= 4 is 14.5 Å². The molecule has 1 saturated heterocycles. The summed E-state index contributed by atoms with van der Waals surface area (Å²) in [6, 6.07) is 16.5. The fourth-order valence-electron chi connectivity index (χ4n) is 3.87. The Labute approximate surface area is 186 Å². The number of aryl methyl sites for hydroxylation is 1. The predicted molar refractivity (Wildman–Crippen MR) is 115 cm³/mol. The van der Waals surface area contributed by atoms with E-state index in [9.17, 15) is 24.8 Å². The van der Waals surface area contributed by atoms with Crippen molar-refractivity contribution in [2.45, 2.75) is 43.9 Å². The second-order valence-electron chi connectivity index (χ2n) is 7.89. The Balaban J connectivity index is 1.57. The molecule has 0 unspecified atom stereocenters. The van der Waals surface area contributed by atoms with Gasteiger partial charge >= 0.3 is 186 Å². The molecule has 0 saturated carbocycles. The third-order valence-corrected chi connectivity index (χ3v) is 8.13. The van der Waals surface area contributed by atoms with Crippen LogP contribution in [0.5, 0.6) is 0 Å². The second kappa shape index (κ2) is 9.35. The summed E-state index contributed by atoms with van der Waals surface area (Å²) in [6.07, 6.45) is -5.11. The number of rotatable bonds is 5. The Morgan fingerprint density at radius 2 is 1.68 bits per heavy atom. The maximum atomic E-state index is 13.2. The second-order valence-corrected chi connectivity index (χ2v) is 10.3. The van der Waals surface area contributed by atoms with E-state index in [-0.39, 0.29) is 20.3 Å². The van der Waals surface area contributed by atoms with Crippen LogP contribution in [0.3, 0.4) is 0 Å². The van der Waals surface area contributed by atoms with E-state index >= 15 is 0 Å². The van der Waals surface area contributed by atoms with Crippen molar-refractivity contribution in [2.24, 2.45) is 0 Å². The van der Waals surface area contributed by atoms with Gasteiger partial charge in [-0.05, 0) is 0 Å². The van der Waals surface area contributed by atoms with Crippen LogP contribution in [0.1, 0.15) is 27.2 Å². The summed E-state index contributed by atoms with van der Waals surface area (Å²) in [7, 11) is 0. The minimum absolute atomic E-state index is 0.128.